The van der Waals surface area contributed by atoms with Crippen LogP contribution in [0.15, 0.2) is 48.5 Å². The summed E-state index contributed by atoms with van der Waals surface area (Å²) >= 11 is -1.80. The zero-order valence-electron chi connectivity index (χ0n) is 10.3. The summed E-state index contributed by atoms with van der Waals surface area (Å²) in [6.45, 7) is 0. The van der Waals surface area contributed by atoms with Gasteiger partial charge in [-0.15, -0.1) is 0 Å². The van der Waals surface area contributed by atoms with Gasteiger partial charge in [0.25, 0.3) is 0 Å². The first-order chi connectivity index (χ1) is 8.21. The third-order valence-electron chi connectivity index (χ3n) is 4.72. The topological polar surface area (TPSA) is 0 Å². The molecule has 0 unspecified atom stereocenters. The van der Waals surface area contributed by atoms with E-state index in [1.165, 1.54) is 0 Å². The summed E-state index contributed by atoms with van der Waals surface area (Å²) in [5, 5.41) is 0. The Hall–Kier alpha value is -1.02. The summed E-state index contributed by atoms with van der Waals surface area (Å²) < 4.78 is 1.57. The van der Waals surface area contributed by atoms with Gasteiger partial charge in [0.2, 0.25) is 0 Å². The molecule has 0 N–H and O–H groups in total. The van der Waals surface area contributed by atoms with Gasteiger partial charge in [0.1, 0.15) is 0 Å². The van der Waals surface area contributed by atoms with Crippen molar-refractivity contribution in [2.45, 2.75) is 21.0 Å². The van der Waals surface area contributed by atoms with Gasteiger partial charge in [-0.05, 0) is 0 Å². The molecule has 0 fully saturated rings. The fraction of sp³-hybridized carbons (Fsp3) is 0.250. The van der Waals surface area contributed by atoms with Crippen LogP contribution in [-0.2, 0) is 0 Å². The van der Waals surface area contributed by atoms with E-state index in [2.05, 4.69) is 60.0 Å². The van der Waals surface area contributed by atoms with E-state index in [4.69, 9.17) is 0 Å². The van der Waals surface area contributed by atoms with Crippen LogP contribution in [0.2, 0.25) is 11.5 Å². The number of benzene rings is 2. The van der Waals surface area contributed by atoms with Crippen molar-refractivity contribution in [2.24, 2.45) is 0 Å². The molecule has 2 aliphatic heterocycles. The molecule has 0 aliphatic carbocycles. The second-order valence-corrected chi connectivity index (χ2v) is 16.0. The molecule has 1 heteroatoms. The van der Waals surface area contributed by atoms with Crippen LogP contribution in [0.25, 0.3) is 0 Å². The molecule has 2 bridgehead atoms. The zero-order valence-corrected chi connectivity index (χ0v) is 12.4. The van der Waals surface area contributed by atoms with Crippen LogP contribution in [0.1, 0.15) is 31.8 Å². The first kappa shape index (κ1) is 9.96. The Balaban J connectivity index is 2.08. The van der Waals surface area contributed by atoms with E-state index in [9.17, 15) is 0 Å². The van der Waals surface area contributed by atoms with Gasteiger partial charge in [0.15, 0.2) is 0 Å². The van der Waals surface area contributed by atoms with Crippen LogP contribution < -0.4 is 0 Å². The Morgan fingerprint density at radius 1 is 0.647 bits per heavy atom. The van der Waals surface area contributed by atoms with Gasteiger partial charge >= 0.3 is 105 Å². The molecule has 0 nitrogen and oxygen atoms in total. The number of rotatable bonds is 0. The van der Waals surface area contributed by atoms with Crippen LogP contribution in [0.3, 0.4) is 0 Å². The van der Waals surface area contributed by atoms with E-state index in [0.717, 1.165) is 9.50 Å². The van der Waals surface area contributed by atoms with Crippen molar-refractivity contribution >= 4 is 13.3 Å². The van der Waals surface area contributed by atoms with Crippen LogP contribution in [0.5, 0.6) is 0 Å². The second kappa shape index (κ2) is 3.05. The molecule has 0 spiro atoms. The van der Waals surface area contributed by atoms with Gasteiger partial charge < -0.3 is 0 Å². The van der Waals surface area contributed by atoms with Crippen molar-refractivity contribution in [1.82, 2.24) is 0 Å². The predicted octanol–water partition coefficient (Wildman–Crippen LogP) is 4.06. The maximum atomic E-state index is 2.61. The summed E-state index contributed by atoms with van der Waals surface area (Å²) in [4.78, 5) is 0. The quantitative estimate of drug-likeness (QED) is 0.639. The second-order valence-electron chi connectivity index (χ2n) is 5.95. The molecule has 17 heavy (non-hydrogen) atoms. The zero-order chi connectivity index (χ0) is 11.6. The van der Waals surface area contributed by atoms with E-state index in [1.54, 1.807) is 22.3 Å². The minimum atomic E-state index is -1.80. The Bertz CT molecular complexity index is 513. The Labute approximate surface area is 105 Å². The van der Waals surface area contributed by atoms with Crippen LogP contribution >= 0.6 is 0 Å². The molecule has 2 aromatic rings. The predicted molar refractivity (Wildman–Crippen MR) is 74.1 cm³/mol. The molecule has 0 amide bonds. The van der Waals surface area contributed by atoms with Crippen molar-refractivity contribution in [3.8, 4) is 0 Å². The first-order valence-electron chi connectivity index (χ1n) is 6.39. The number of hydrogen-bond acceptors (Lipinski definition) is 0. The molecule has 0 saturated heterocycles. The van der Waals surface area contributed by atoms with Crippen LogP contribution in [0.4, 0.5) is 0 Å². The fourth-order valence-electron chi connectivity index (χ4n) is 4.18. The molecule has 2 aliphatic rings. The average Bonchev–Trinajstić information content (AvgIpc) is 2.71. The summed E-state index contributed by atoms with van der Waals surface area (Å²) in [5.41, 5.74) is 6.56. The molecular weight excluding hydrogens is 265 g/mol. The van der Waals surface area contributed by atoms with Gasteiger partial charge in [-0.1, -0.05) is 0 Å². The van der Waals surface area contributed by atoms with Gasteiger partial charge in [0.05, 0.1) is 0 Å². The molecule has 0 saturated carbocycles. The van der Waals surface area contributed by atoms with Crippen molar-refractivity contribution in [2.75, 3.05) is 0 Å². The molecule has 2 heterocycles. The SMILES string of the molecule is [CH3][Ge]1([CH3])[CH]2c3ccccc3[CH]1c1ccccc12. The van der Waals surface area contributed by atoms with Crippen molar-refractivity contribution in [1.29, 1.82) is 0 Å². The van der Waals surface area contributed by atoms with Crippen molar-refractivity contribution < 1.29 is 0 Å². The third kappa shape index (κ3) is 1.05. The van der Waals surface area contributed by atoms with Crippen LogP contribution in [-0.4, -0.2) is 13.3 Å². The van der Waals surface area contributed by atoms with E-state index in [-0.39, 0.29) is 0 Å². The van der Waals surface area contributed by atoms with Crippen molar-refractivity contribution in [3.63, 3.8) is 0 Å². The average molecular weight is 281 g/mol. The molecule has 2 aromatic carbocycles. The van der Waals surface area contributed by atoms with E-state index in [1.807, 2.05) is 0 Å². The Kier molecular flexibility index (Phi) is 1.79. The summed E-state index contributed by atoms with van der Waals surface area (Å²) in [6, 6.07) is 18.3. The van der Waals surface area contributed by atoms with Crippen molar-refractivity contribution in [3.05, 3.63) is 70.8 Å². The minimum absolute atomic E-state index is 0.785. The van der Waals surface area contributed by atoms with E-state index in [0.29, 0.717) is 0 Å². The van der Waals surface area contributed by atoms with E-state index >= 15 is 0 Å². The molecule has 0 atom stereocenters. The molecular formula is C16H16Ge. The first-order valence-corrected chi connectivity index (χ1v) is 13.0. The molecule has 0 radical (unpaired) electrons. The summed E-state index contributed by atoms with van der Waals surface area (Å²) in [6.07, 6.45) is 0. The van der Waals surface area contributed by atoms with Gasteiger partial charge in [-0.25, -0.2) is 0 Å². The molecule has 84 valence electrons. The monoisotopic (exact) mass is 282 g/mol. The summed E-state index contributed by atoms with van der Waals surface area (Å²) in [7, 11) is 0. The molecule has 0 aromatic heterocycles. The number of fused-ring (bicyclic) bond motifs is 8. The standard InChI is InChI=1S/C16H16Ge/c1-17(2)15-11-7-3-4-8-12(11)16(17)14-10-6-5-9-13(14)15/h3-10,15-16H,1-2H3. The third-order valence-corrected chi connectivity index (χ3v) is 13.6. The van der Waals surface area contributed by atoms with Gasteiger partial charge in [0, 0.05) is 0 Å². The Morgan fingerprint density at radius 2 is 0.941 bits per heavy atom. The van der Waals surface area contributed by atoms with Crippen LogP contribution in [0, 0.1) is 0 Å². The molecule has 4 rings (SSSR count). The summed E-state index contributed by atoms with van der Waals surface area (Å²) in [5.74, 6) is 5.21. The normalized spacial score (nSPS) is 26.7. The fourth-order valence-corrected chi connectivity index (χ4v) is 13.8. The van der Waals surface area contributed by atoms with E-state index < -0.39 is 13.3 Å². The Morgan fingerprint density at radius 3 is 1.24 bits per heavy atom. The van der Waals surface area contributed by atoms with Gasteiger partial charge in [-0.2, -0.15) is 0 Å². The van der Waals surface area contributed by atoms with Gasteiger partial charge in [-0.3, -0.25) is 0 Å². The number of hydrogen-bond donors (Lipinski definition) is 0. The maximum absolute atomic E-state index is 2.61.